The Bertz CT molecular complexity index is 241. The lowest BCUT2D eigenvalue weighted by Gasteiger charge is -2.18. The van der Waals surface area contributed by atoms with Gasteiger partial charge in [0.15, 0.2) is 0 Å². The number of rotatable bonds is 7. The first kappa shape index (κ1) is 14.9. The maximum atomic E-state index is 10.8. The fourth-order valence-electron chi connectivity index (χ4n) is 1.14. The molecule has 5 nitrogen and oxygen atoms in total. The van der Waals surface area contributed by atoms with Crippen LogP contribution in [0.1, 0.15) is 27.7 Å². The van der Waals surface area contributed by atoms with Gasteiger partial charge in [0.05, 0.1) is 0 Å². The molecule has 3 N–H and O–H groups in total. The van der Waals surface area contributed by atoms with Gasteiger partial charge in [-0.1, -0.05) is 20.8 Å². The summed E-state index contributed by atoms with van der Waals surface area (Å²) in [5, 5.41) is 14.3. The molecular formula is C11H22N2O3. The van der Waals surface area contributed by atoms with Gasteiger partial charge in [0.1, 0.15) is 6.04 Å². The van der Waals surface area contributed by atoms with Crippen molar-refractivity contribution in [1.29, 1.82) is 0 Å². The molecule has 0 aliphatic carbocycles. The van der Waals surface area contributed by atoms with E-state index in [1.807, 2.05) is 0 Å². The fraction of sp³-hybridized carbons (Fsp3) is 0.818. The van der Waals surface area contributed by atoms with Crippen molar-refractivity contribution in [3.05, 3.63) is 0 Å². The summed E-state index contributed by atoms with van der Waals surface area (Å²) in [6, 6.07) is -0.850. The van der Waals surface area contributed by atoms with Crippen molar-refractivity contribution >= 4 is 11.9 Å². The average molecular weight is 230 g/mol. The Kier molecular flexibility index (Phi) is 6.72. The van der Waals surface area contributed by atoms with Crippen LogP contribution in [0.15, 0.2) is 0 Å². The van der Waals surface area contributed by atoms with E-state index >= 15 is 0 Å². The maximum Gasteiger partial charge on any atom is 0.327 e. The molecule has 5 heteroatoms. The van der Waals surface area contributed by atoms with Crippen molar-refractivity contribution in [2.45, 2.75) is 33.7 Å². The van der Waals surface area contributed by atoms with E-state index in [9.17, 15) is 9.59 Å². The van der Waals surface area contributed by atoms with Crippen LogP contribution in [-0.2, 0) is 9.59 Å². The van der Waals surface area contributed by atoms with E-state index in [1.54, 1.807) is 0 Å². The minimum absolute atomic E-state index is 0.256. The van der Waals surface area contributed by atoms with Gasteiger partial charge in [-0.05, 0) is 18.4 Å². The zero-order valence-electron chi connectivity index (χ0n) is 10.4. The van der Waals surface area contributed by atoms with Crippen molar-refractivity contribution in [2.24, 2.45) is 11.8 Å². The molecule has 2 atom stereocenters. The topological polar surface area (TPSA) is 78.4 Å². The molecule has 0 aromatic carbocycles. The first-order chi connectivity index (χ1) is 7.34. The van der Waals surface area contributed by atoms with Crippen LogP contribution in [0, 0.1) is 11.8 Å². The molecule has 94 valence electrons. The molecule has 1 amide bonds. The Morgan fingerprint density at radius 3 is 2.12 bits per heavy atom. The number of carbonyl (C=O) groups excluding carboxylic acids is 1. The third kappa shape index (κ3) is 6.40. The highest BCUT2D eigenvalue weighted by atomic mass is 16.4. The van der Waals surface area contributed by atoms with E-state index in [0.717, 1.165) is 6.54 Å². The zero-order chi connectivity index (χ0) is 12.7. The van der Waals surface area contributed by atoms with E-state index < -0.39 is 12.0 Å². The van der Waals surface area contributed by atoms with Crippen molar-refractivity contribution in [3.8, 4) is 0 Å². The Morgan fingerprint density at radius 1 is 1.19 bits per heavy atom. The van der Waals surface area contributed by atoms with Crippen LogP contribution in [-0.4, -0.2) is 36.1 Å². The molecule has 0 saturated carbocycles. The molecule has 16 heavy (non-hydrogen) atoms. The number of carbonyl (C=O) groups is 2. The van der Waals surface area contributed by atoms with Gasteiger partial charge in [-0.2, -0.15) is 0 Å². The third-order valence-electron chi connectivity index (χ3n) is 2.63. The summed E-state index contributed by atoms with van der Waals surface area (Å²) in [4.78, 5) is 21.6. The second-order valence-electron chi connectivity index (χ2n) is 4.47. The number of hydrogen-bond donors (Lipinski definition) is 3. The van der Waals surface area contributed by atoms with Crippen LogP contribution in [0.25, 0.3) is 0 Å². The van der Waals surface area contributed by atoms with Gasteiger partial charge in [0.25, 0.3) is 0 Å². The van der Waals surface area contributed by atoms with Crippen LogP contribution in [0.5, 0.6) is 0 Å². The Morgan fingerprint density at radius 2 is 1.75 bits per heavy atom. The first-order valence-corrected chi connectivity index (χ1v) is 5.55. The molecule has 0 saturated heterocycles. The van der Waals surface area contributed by atoms with Crippen LogP contribution in [0.4, 0.5) is 0 Å². The molecule has 0 bridgehead atoms. The number of carboxylic acid groups (broad SMARTS) is 1. The predicted molar refractivity (Wildman–Crippen MR) is 62.1 cm³/mol. The number of amides is 1. The van der Waals surface area contributed by atoms with Crippen LogP contribution in [0.3, 0.4) is 0 Å². The van der Waals surface area contributed by atoms with Crippen LogP contribution in [0.2, 0.25) is 0 Å². The van der Waals surface area contributed by atoms with E-state index in [2.05, 4.69) is 31.4 Å². The molecule has 0 fully saturated rings. The van der Waals surface area contributed by atoms with Crippen LogP contribution >= 0.6 is 0 Å². The third-order valence-corrected chi connectivity index (χ3v) is 2.63. The quantitative estimate of drug-likeness (QED) is 0.593. The van der Waals surface area contributed by atoms with Gasteiger partial charge in [0, 0.05) is 13.5 Å². The van der Waals surface area contributed by atoms with E-state index in [0.29, 0.717) is 11.8 Å². The van der Waals surface area contributed by atoms with Crippen molar-refractivity contribution < 1.29 is 14.7 Å². The number of aliphatic carboxylic acids is 1. The summed E-state index contributed by atoms with van der Waals surface area (Å²) in [5.41, 5.74) is 0. The molecule has 0 aromatic heterocycles. The van der Waals surface area contributed by atoms with Gasteiger partial charge in [-0.3, -0.25) is 4.79 Å². The minimum atomic E-state index is -1.01. The second-order valence-corrected chi connectivity index (χ2v) is 4.47. The van der Waals surface area contributed by atoms with Crippen molar-refractivity contribution in [1.82, 2.24) is 10.6 Å². The van der Waals surface area contributed by atoms with E-state index in [1.165, 1.54) is 6.92 Å². The van der Waals surface area contributed by atoms with E-state index in [4.69, 9.17) is 5.11 Å². The zero-order valence-corrected chi connectivity index (χ0v) is 10.4. The highest BCUT2D eigenvalue weighted by Crippen LogP contribution is 2.07. The number of carboxylic acids is 1. The lowest BCUT2D eigenvalue weighted by molar-refractivity contribution is -0.141. The largest absolute Gasteiger partial charge is 0.480 e. The van der Waals surface area contributed by atoms with Gasteiger partial charge in [-0.25, -0.2) is 4.79 Å². The highest BCUT2D eigenvalue weighted by Gasteiger charge is 2.18. The van der Waals surface area contributed by atoms with Gasteiger partial charge in [-0.15, -0.1) is 0 Å². The lowest BCUT2D eigenvalue weighted by Crippen LogP contribution is -2.47. The van der Waals surface area contributed by atoms with Gasteiger partial charge < -0.3 is 15.7 Å². The van der Waals surface area contributed by atoms with Crippen molar-refractivity contribution in [2.75, 3.05) is 13.1 Å². The maximum absolute atomic E-state index is 10.8. The summed E-state index contributed by atoms with van der Waals surface area (Å²) in [6.45, 7) is 8.66. The molecule has 0 aliphatic rings. The van der Waals surface area contributed by atoms with Crippen molar-refractivity contribution in [3.63, 3.8) is 0 Å². The molecular weight excluding hydrogens is 208 g/mol. The second kappa shape index (κ2) is 7.22. The summed E-state index contributed by atoms with van der Waals surface area (Å²) >= 11 is 0. The molecule has 0 heterocycles. The fourth-order valence-corrected chi connectivity index (χ4v) is 1.14. The first-order valence-electron chi connectivity index (χ1n) is 5.55. The number of nitrogens with one attached hydrogen (secondary N) is 2. The Labute approximate surface area is 96.6 Å². The average Bonchev–Trinajstić information content (AvgIpc) is 2.14. The summed E-state index contributed by atoms with van der Waals surface area (Å²) < 4.78 is 0. The highest BCUT2D eigenvalue weighted by molar-refractivity contribution is 5.82. The summed E-state index contributed by atoms with van der Waals surface area (Å²) in [6.07, 6.45) is 0. The smallest absolute Gasteiger partial charge is 0.327 e. The van der Waals surface area contributed by atoms with E-state index in [-0.39, 0.29) is 12.5 Å². The number of hydrogen-bond acceptors (Lipinski definition) is 3. The summed E-state index contributed by atoms with van der Waals surface area (Å²) in [5.74, 6) is -0.311. The standard InChI is InChI=1S/C11H22N2O3/c1-7(2)8(3)5-12-6-10(11(15)16)13-9(4)14/h7-8,10,12H,5-6H2,1-4H3,(H,13,14)(H,15,16). The Hall–Kier alpha value is -1.10. The normalized spacial score (nSPS) is 14.6. The van der Waals surface area contributed by atoms with Gasteiger partial charge >= 0.3 is 5.97 Å². The molecule has 0 radical (unpaired) electrons. The molecule has 2 unspecified atom stereocenters. The molecule has 0 aliphatic heterocycles. The SMILES string of the molecule is CC(=O)NC(CNCC(C)C(C)C)C(=O)O. The molecule has 0 aromatic rings. The summed E-state index contributed by atoms with van der Waals surface area (Å²) in [7, 11) is 0. The molecule has 0 spiro atoms. The minimum Gasteiger partial charge on any atom is -0.480 e. The van der Waals surface area contributed by atoms with Crippen LogP contribution < -0.4 is 10.6 Å². The predicted octanol–water partition coefficient (Wildman–Crippen LogP) is 0.457. The monoisotopic (exact) mass is 230 g/mol. The van der Waals surface area contributed by atoms with Gasteiger partial charge in [0.2, 0.25) is 5.91 Å². The molecule has 0 rings (SSSR count). The Balaban J connectivity index is 3.94. The lowest BCUT2D eigenvalue weighted by atomic mass is 9.98.